The van der Waals surface area contributed by atoms with Gasteiger partial charge in [0.1, 0.15) is 17.9 Å². The van der Waals surface area contributed by atoms with Gasteiger partial charge in [-0.15, -0.1) is 11.8 Å². The quantitative estimate of drug-likeness (QED) is 0.670. The van der Waals surface area contributed by atoms with Crippen molar-refractivity contribution in [1.29, 1.82) is 0 Å². The Bertz CT molecular complexity index is 831. The second-order valence-electron chi connectivity index (χ2n) is 7.80. The molecule has 1 aliphatic heterocycles. The molecule has 0 spiro atoms. The van der Waals surface area contributed by atoms with Crippen LogP contribution in [0.15, 0.2) is 36.7 Å². The van der Waals surface area contributed by atoms with Gasteiger partial charge >= 0.3 is 0 Å². The van der Waals surface area contributed by atoms with Gasteiger partial charge in [0.25, 0.3) is 0 Å². The van der Waals surface area contributed by atoms with Gasteiger partial charge in [-0.2, -0.15) is 0 Å². The van der Waals surface area contributed by atoms with Crippen LogP contribution < -0.4 is 9.64 Å². The van der Waals surface area contributed by atoms with Crippen molar-refractivity contribution in [3.05, 3.63) is 36.7 Å². The third kappa shape index (κ3) is 5.25. The van der Waals surface area contributed by atoms with Gasteiger partial charge in [-0.25, -0.2) is 9.97 Å². The molecular weight excluding hydrogens is 396 g/mol. The van der Waals surface area contributed by atoms with Crippen LogP contribution in [0.25, 0.3) is 11.3 Å². The first-order valence-corrected chi connectivity index (χ1v) is 12.0. The summed E-state index contributed by atoms with van der Waals surface area (Å²) in [7, 11) is 0. The van der Waals surface area contributed by atoms with Crippen molar-refractivity contribution in [1.82, 2.24) is 14.9 Å². The number of carbonyl (C=O) groups excluding carboxylic acids is 1. The zero-order valence-electron chi connectivity index (χ0n) is 17.6. The van der Waals surface area contributed by atoms with Gasteiger partial charge in [0.15, 0.2) is 0 Å². The van der Waals surface area contributed by atoms with Crippen LogP contribution in [-0.4, -0.2) is 64.6 Å². The normalized spacial score (nSPS) is 17.4. The number of thioether (sulfide) groups is 1. The predicted molar refractivity (Wildman–Crippen MR) is 122 cm³/mol. The van der Waals surface area contributed by atoms with E-state index in [4.69, 9.17) is 4.74 Å². The van der Waals surface area contributed by atoms with Gasteiger partial charge in [0.05, 0.1) is 18.1 Å². The van der Waals surface area contributed by atoms with E-state index in [1.54, 1.807) is 6.33 Å². The number of aromatic nitrogens is 2. The van der Waals surface area contributed by atoms with Crippen LogP contribution in [0.2, 0.25) is 0 Å². The Hall–Kier alpha value is -2.28. The van der Waals surface area contributed by atoms with Gasteiger partial charge in [0.2, 0.25) is 5.91 Å². The molecule has 7 heteroatoms. The molecule has 160 valence electrons. The maximum Gasteiger partial charge on any atom is 0.232 e. The molecule has 2 aliphatic rings. The first kappa shape index (κ1) is 21.0. The summed E-state index contributed by atoms with van der Waals surface area (Å²) in [5.74, 6) is 2.69. The van der Waals surface area contributed by atoms with E-state index in [1.165, 1.54) is 25.7 Å². The van der Waals surface area contributed by atoms with Gasteiger partial charge in [-0.05, 0) is 44.0 Å². The van der Waals surface area contributed by atoms with E-state index in [-0.39, 0.29) is 5.91 Å². The molecule has 4 rings (SSSR count). The second-order valence-corrected chi connectivity index (χ2v) is 9.09. The number of anilines is 1. The molecule has 1 aromatic heterocycles. The Morgan fingerprint density at radius 1 is 1.10 bits per heavy atom. The van der Waals surface area contributed by atoms with Crippen molar-refractivity contribution in [3.63, 3.8) is 0 Å². The molecule has 0 bridgehead atoms. The summed E-state index contributed by atoms with van der Waals surface area (Å²) in [6.45, 7) is 5.76. The molecule has 1 amide bonds. The average molecular weight is 427 g/mol. The van der Waals surface area contributed by atoms with Crippen LogP contribution in [-0.2, 0) is 4.79 Å². The van der Waals surface area contributed by atoms with Gasteiger partial charge in [0, 0.05) is 43.1 Å². The number of benzene rings is 1. The fourth-order valence-corrected chi connectivity index (χ4v) is 5.31. The highest BCUT2D eigenvalue weighted by Crippen LogP contribution is 2.29. The van der Waals surface area contributed by atoms with Crippen LogP contribution in [0.5, 0.6) is 5.75 Å². The van der Waals surface area contributed by atoms with E-state index in [1.807, 2.05) is 53.9 Å². The number of carbonyl (C=O) groups is 1. The van der Waals surface area contributed by atoms with Crippen molar-refractivity contribution < 1.29 is 9.53 Å². The summed E-state index contributed by atoms with van der Waals surface area (Å²) in [6, 6.07) is 10.0. The first-order valence-electron chi connectivity index (χ1n) is 10.9. The van der Waals surface area contributed by atoms with Crippen molar-refractivity contribution in [3.8, 4) is 17.0 Å². The minimum Gasteiger partial charge on any atom is -0.494 e. The molecule has 0 radical (unpaired) electrons. The van der Waals surface area contributed by atoms with Crippen LogP contribution in [0, 0.1) is 0 Å². The molecule has 1 saturated carbocycles. The maximum absolute atomic E-state index is 12.6. The number of ether oxygens (including phenoxy) is 1. The van der Waals surface area contributed by atoms with E-state index < -0.39 is 0 Å². The zero-order valence-corrected chi connectivity index (χ0v) is 18.4. The first-order chi connectivity index (χ1) is 14.7. The Morgan fingerprint density at radius 3 is 2.53 bits per heavy atom. The van der Waals surface area contributed by atoms with Crippen molar-refractivity contribution >= 4 is 23.5 Å². The number of nitrogens with zero attached hydrogens (tertiary/aromatic N) is 4. The lowest BCUT2D eigenvalue weighted by atomic mass is 10.1. The fourth-order valence-electron chi connectivity index (χ4n) is 4.09. The monoisotopic (exact) mass is 426 g/mol. The van der Waals surface area contributed by atoms with Gasteiger partial charge in [-0.3, -0.25) is 4.79 Å². The fraction of sp³-hybridized carbons (Fsp3) is 0.522. The second kappa shape index (κ2) is 10.2. The van der Waals surface area contributed by atoms with E-state index in [9.17, 15) is 4.79 Å². The van der Waals surface area contributed by atoms with E-state index in [0.717, 1.165) is 49.0 Å². The topological polar surface area (TPSA) is 58.6 Å². The molecule has 2 fully saturated rings. The van der Waals surface area contributed by atoms with Crippen LogP contribution >= 0.6 is 11.8 Å². The highest BCUT2D eigenvalue weighted by molar-refractivity contribution is 8.00. The number of piperazine rings is 1. The SMILES string of the molecule is CCOc1ccc(-c2cc(N3CCN(C(=O)CSC4CCCC4)CC3)ncn2)cc1. The van der Waals surface area contributed by atoms with Crippen molar-refractivity contribution in [2.24, 2.45) is 0 Å². The third-order valence-electron chi connectivity index (χ3n) is 5.81. The van der Waals surface area contributed by atoms with Gasteiger partial charge < -0.3 is 14.5 Å². The third-order valence-corrected chi connectivity index (χ3v) is 7.17. The Morgan fingerprint density at radius 2 is 1.83 bits per heavy atom. The summed E-state index contributed by atoms with van der Waals surface area (Å²) in [6.07, 6.45) is 6.81. The molecule has 6 nitrogen and oxygen atoms in total. The lowest BCUT2D eigenvalue weighted by Crippen LogP contribution is -2.49. The minimum atomic E-state index is 0.282. The van der Waals surface area contributed by atoms with Crippen LogP contribution in [0.3, 0.4) is 0 Å². The smallest absolute Gasteiger partial charge is 0.232 e. The van der Waals surface area contributed by atoms with Crippen molar-refractivity contribution in [2.45, 2.75) is 37.9 Å². The molecule has 1 saturated heterocycles. The van der Waals surface area contributed by atoms with E-state index in [2.05, 4.69) is 14.9 Å². The summed E-state index contributed by atoms with van der Waals surface area (Å²) >= 11 is 1.85. The molecule has 2 heterocycles. The lowest BCUT2D eigenvalue weighted by Gasteiger charge is -2.35. The predicted octanol–water partition coefficient (Wildman–Crippen LogP) is 3.87. The average Bonchev–Trinajstić information content (AvgIpc) is 3.32. The zero-order chi connectivity index (χ0) is 20.8. The molecule has 0 N–H and O–H groups in total. The standard InChI is InChI=1S/C23H30N4O2S/c1-2-29-19-9-7-18(8-10-19)21-15-22(25-17-24-21)26-11-13-27(14-12-26)23(28)16-30-20-5-3-4-6-20/h7-10,15,17,20H,2-6,11-14,16H2,1H3. The summed E-state index contributed by atoms with van der Waals surface area (Å²) in [5, 5.41) is 0.692. The molecular formula is C23H30N4O2S. The Labute approximate surface area is 183 Å². The highest BCUT2D eigenvalue weighted by atomic mass is 32.2. The summed E-state index contributed by atoms with van der Waals surface area (Å²) < 4.78 is 5.52. The summed E-state index contributed by atoms with van der Waals surface area (Å²) in [5.41, 5.74) is 1.94. The largest absolute Gasteiger partial charge is 0.494 e. The lowest BCUT2D eigenvalue weighted by molar-refractivity contribution is -0.128. The molecule has 1 aromatic carbocycles. The number of hydrogen-bond acceptors (Lipinski definition) is 6. The van der Waals surface area contributed by atoms with E-state index in [0.29, 0.717) is 17.6 Å². The minimum absolute atomic E-state index is 0.282. The molecule has 30 heavy (non-hydrogen) atoms. The number of amides is 1. The number of hydrogen-bond donors (Lipinski definition) is 0. The number of rotatable bonds is 7. The molecule has 0 atom stereocenters. The molecule has 1 aliphatic carbocycles. The van der Waals surface area contributed by atoms with Crippen molar-refractivity contribution in [2.75, 3.05) is 43.4 Å². The van der Waals surface area contributed by atoms with Crippen LogP contribution in [0.1, 0.15) is 32.6 Å². The molecule has 0 unspecified atom stereocenters. The Balaban J connectivity index is 1.32. The van der Waals surface area contributed by atoms with E-state index >= 15 is 0 Å². The van der Waals surface area contributed by atoms with Crippen LogP contribution in [0.4, 0.5) is 5.82 Å². The molecule has 2 aromatic rings. The van der Waals surface area contributed by atoms with Gasteiger partial charge in [-0.1, -0.05) is 12.8 Å². The Kier molecular flexibility index (Phi) is 7.10. The maximum atomic E-state index is 12.6. The summed E-state index contributed by atoms with van der Waals surface area (Å²) in [4.78, 5) is 25.7. The highest BCUT2D eigenvalue weighted by Gasteiger charge is 2.24.